The summed E-state index contributed by atoms with van der Waals surface area (Å²) >= 11 is 0. The van der Waals surface area contributed by atoms with E-state index in [-0.39, 0.29) is 0 Å². The summed E-state index contributed by atoms with van der Waals surface area (Å²) in [6, 6.07) is 20.5. The van der Waals surface area contributed by atoms with Crippen LogP contribution in [-0.2, 0) is 6.42 Å². The van der Waals surface area contributed by atoms with Crippen molar-refractivity contribution < 1.29 is 4.74 Å². The molecule has 0 bridgehead atoms. The van der Waals surface area contributed by atoms with Gasteiger partial charge in [0.15, 0.2) is 0 Å². The van der Waals surface area contributed by atoms with Gasteiger partial charge in [0.1, 0.15) is 11.6 Å². The first kappa shape index (κ1) is 19.7. The van der Waals surface area contributed by atoms with E-state index in [9.17, 15) is 0 Å². The molecule has 0 radical (unpaired) electrons. The van der Waals surface area contributed by atoms with E-state index < -0.39 is 0 Å². The predicted octanol–water partition coefficient (Wildman–Crippen LogP) is 4.65. The van der Waals surface area contributed by atoms with E-state index in [4.69, 9.17) is 14.7 Å². The summed E-state index contributed by atoms with van der Waals surface area (Å²) < 4.78 is 5.21. The number of hydrogen-bond acceptors (Lipinski definition) is 5. The molecule has 0 aliphatic rings. The number of anilines is 2. The Morgan fingerprint density at radius 2 is 1.64 bits per heavy atom. The summed E-state index contributed by atoms with van der Waals surface area (Å²) in [5.41, 5.74) is 3.28. The van der Waals surface area contributed by atoms with E-state index in [1.807, 2.05) is 30.3 Å². The highest BCUT2D eigenvalue weighted by Gasteiger charge is 2.10. The van der Waals surface area contributed by atoms with Crippen LogP contribution in [0.5, 0.6) is 5.75 Å². The van der Waals surface area contributed by atoms with E-state index >= 15 is 0 Å². The molecule has 1 heterocycles. The summed E-state index contributed by atoms with van der Waals surface area (Å²) in [5, 5.41) is 3.40. The van der Waals surface area contributed by atoms with Gasteiger partial charge in [0.25, 0.3) is 0 Å². The molecule has 0 fully saturated rings. The minimum atomic E-state index is 0.664. The highest BCUT2D eigenvalue weighted by Crippen LogP contribution is 2.23. The second-order valence-corrected chi connectivity index (χ2v) is 6.50. The molecule has 146 valence electrons. The molecule has 28 heavy (non-hydrogen) atoms. The van der Waals surface area contributed by atoms with E-state index in [1.165, 1.54) is 5.56 Å². The topological polar surface area (TPSA) is 50.3 Å². The molecular formula is C23H28N4O. The number of aromatic nitrogens is 2. The molecule has 3 aromatic rings. The number of methoxy groups -OCH3 is 1. The number of ether oxygens (including phenoxy) is 1. The van der Waals surface area contributed by atoms with Crippen LogP contribution in [0.25, 0.3) is 11.3 Å². The average molecular weight is 377 g/mol. The van der Waals surface area contributed by atoms with Crippen LogP contribution in [0, 0.1) is 0 Å². The van der Waals surface area contributed by atoms with Gasteiger partial charge in [-0.25, -0.2) is 4.98 Å². The molecule has 0 saturated carbocycles. The van der Waals surface area contributed by atoms with Gasteiger partial charge in [0.2, 0.25) is 5.95 Å². The second-order valence-electron chi connectivity index (χ2n) is 6.50. The maximum absolute atomic E-state index is 5.21. The first-order chi connectivity index (χ1) is 13.7. The van der Waals surface area contributed by atoms with Crippen LogP contribution in [0.1, 0.15) is 19.4 Å². The van der Waals surface area contributed by atoms with Crippen molar-refractivity contribution in [2.45, 2.75) is 20.3 Å². The van der Waals surface area contributed by atoms with Crippen LogP contribution >= 0.6 is 0 Å². The molecule has 5 heteroatoms. The number of nitrogens with zero attached hydrogens (tertiary/aromatic N) is 3. The zero-order valence-electron chi connectivity index (χ0n) is 16.9. The van der Waals surface area contributed by atoms with E-state index in [2.05, 4.69) is 54.4 Å². The maximum atomic E-state index is 5.21. The number of rotatable bonds is 9. The van der Waals surface area contributed by atoms with Crippen molar-refractivity contribution in [2.75, 3.05) is 37.0 Å². The molecule has 5 nitrogen and oxygen atoms in total. The number of benzene rings is 2. The molecule has 0 unspecified atom stereocenters. The first-order valence-electron chi connectivity index (χ1n) is 9.79. The van der Waals surface area contributed by atoms with E-state index in [0.29, 0.717) is 5.95 Å². The summed E-state index contributed by atoms with van der Waals surface area (Å²) in [6.45, 7) is 6.87. The third-order valence-electron chi connectivity index (χ3n) is 4.73. The molecule has 0 aliphatic carbocycles. The molecule has 0 amide bonds. The Bertz CT molecular complexity index is 862. The highest BCUT2D eigenvalue weighted by atomic mass is 16.5. The lowest BCUT2D eigenvalue weighted by Crippen LogP contribution is -2.23. The van der Waals surface area contributed by atoms with Crippen LogP contribution in [0.2, 0.25) is 0 Å². The van der Waals surface area contributed by atoms with Crippen LogP contribution < -0.4 is 15.0 Å². The third kappa shape index (κ3) is 5.00. The lowest BCUT2D eigenvalue weighted by atomic mass is 10.1. The van der Waals surface area contributed by atoms with Crippen LogP contribution in [0.3, 0.4) is 0 Å². The fraction of sp³-hybridized carbons (Fsp3) is 0.304. The molecule has 0 atom stereocenters. The normalized spacial score (nSPS) is 10.5. The fourth-order valence-electron chi connectivity index (χ4n) is 3.09. The zero-order valence-corrected chi connectivity index (χ0v) is 16.9. The molecule has 1 aromatic heterocycles. The Morgan fingerprint density at radius 3 is 2.29 bits per heavy atom. The fourth-order valence-corrected chi connectivity index (χ4v) is 3.09. The number of nitrogens with one attached hydrogen (secondary N) is 1. The van der Waals surface area contributed by atoms with Gasteiger partial charge in [-0.3, -0.25) is 0 Å². The largest absolute Gasteiger partial charge is 0.497 e. The SMILES string of the molecule is CCN(CC)c1cc(-c2ccccc2)nc(NCCc2ccc(OC)cc2)n1. The van der Waals surface area contributed by atoms with Gasteiger partial charge in [0.05, 0.1) is 12.8 Å². The summed E-state index contributed by atoms with van der Waals surface area (Å²) in [7, 11) is 1.68. The van der Waals surface area contributed by atoms with E-state index in [1.54, 1.807) is 7.11 Å². The van der Waals surface area contributed by atoms with Crippen molar-refractivity contribution in [2.24, 2.45) is 0 Å². The lowest BCUT2D eigenvalue weighted by Gasteiger charge is -2.21. The summed E-state index contributed by atoms with van der Waals surface area (Å²) in [5.74, 6) is 2.49. The summed E-state index contributed by atoms with van der Waals surface area (Å²) in [4.78, 5) is 11.7. The minimum Gasteiger partial charge on any atom is -0.497 e. The summed E-state index contributed by atoms with van der Waals surface area (Å²) in [6.07, 6.45) is 0.892. The van der Waals surface area contributed by atoms with Crippen molar-refractivity contribution >= 4 is 11.8 Å². The molecule has 3 rings (SSSR count). The third-order valence-corrected chi connectivity index (χ3v) is 4.73. The van der Waals surface area contributed by atoms with Crippen LogP contribution in [0.4, 0.5) is 11.8 Å². The van der Waals surface area contributed by atoms with Gasteiger partial charge in [0, 0.05) is 31.3 Å². The zero-order chi connectivity index (χ0) is 19.8. The van der Waals surface area contributed by atoms with Crippen molar-refractivity contribution in [3.63, 3.8) is 0 Å². The highest BCUT2D eigenvalue weighted by molar-refractivity contribution is 5.64. The molecule has 0 aliphatic heterocycles. The molecule has 2 aromatic carbocycles. The lowest BCUT2D eigenvalue weighted by molar-refractivity contribution is 0.414. The Hall–Kier alpha value is -3.08. The Kier molecular flexibility index (Phi) is 6.84. The van der Waals surface area contributed by atoms with Crippen molar-refractivity contribution in [1.29, 1.82) is 0 Å². The second kappa shape index (κ2) is 9.74. The van der Waals surface area contributed by atoms with Crippen molar-refractivity contribution in [3.05, 3.63) is 66.2 Å². The van der Waals surface area contributed by atoms with Gasteiger partial charge in [-0.05, 0) is 38.0 Å². The predicted molar refractivity (Wildman–Crippen MR) is 116 cm³/mol. The smallest absolute Gasteiger partial charge is 0.225 e. The molecule has 0 saturated heterocycles. The Balaban J connectivity index is 1.77. The standard InChI is InChI=1S/C23H28N4O/c1-4-27(5-2)22-17-21(19-9-7-6-8-10-19)25-23(26-22)24-16-15-18-11-13-20(28-3)14-12-18/h6-14,17H,4-5,15-16H2,1-3H3,(H,24,25,26). The van der Waals surface area contributed by atoms with Gasteiger partial charge >= 0.3 is 0 Å². The Morgan fingerprint density at radius 1 is 0.929 bits per heavy atom. The maximum Gasteiger partial charge on any atom is 0.225 e. The molecular weight excluding hydrogens is 348 g/mol. The first-order valence-corrected chi connectivity index (χ1v) is 9.79. The van der Waals surface area contributed by atoms with Crippen LogP contribution in [0.15, 0.2) is 60.7 Å². The molecule has 0 spiro atoms. The van der Waals surface area contributed by atoms with Crippen molar-refractivity contribution in [3.8, 4) is 17.0 Å². The monoisotopic (exact) mass is 376 g/mol. The molecule has 1 N–H and O–H groups in total. The van der Waals surface area contributed by atoms with Gasteiger partial charge in [-0.2, -0.15) is 4.98 Å². The van der Waals surface area contributed by atoms with Crippen molar-refractivity contribution in [1.82, 2.24) is 9.97 Å². The van der Waals surface area contributed by atoms with Crippen LogP contribution in [-0.4, -0.2) is 36.7 Å². The van der Waals surface area contributed by atoms with Gasteiger partial charge < -0.3 is 15.0 Å². The number of hydrogen-bond donors (Lipinski definition) is 1. The van der Waals surface area contributed by atoms with E-state index in [0.717, 1.165) is 48.9 Å². The minimum absolute atomic E-state index is 0.664. The van der Waals surface area contributed by atoms with Gasteiger partial charge in [-0.1, -0.05) is 42.5 Å². The Labute approximate surface area is 167 Å². The quantitative estimate of drug-likeness (QED) is 0.589. The van der Waals surface area contributed by atoms with Gasteiger partial charge in [-0.15, -0.1) is 0 Å². The average Bonchev–Trinajstić information content (AvgIpc) is 2.76.